The van der Waals surface area contributed by atoms with Crippen molar-refractivity contribution in [2.24, 2.45) is 0 Å². The zero-order valence-corrected chi connectivity index (χ0v) is 18.2. The Balaban J connectivity index is 2.17. The summed E-state index contributed by atoms with van der Waals surface area (Å²) < 4.78 is 16.2. The highest BCUT2D eigenvalue weighted by molar-refractivity contribution is 5.87. The average molecular weight is 415 g/mol. The molecule has 2 aromatic carbocycles. The van der Waals surface area contributed by atoms with Crippen molar-refractivity contribution in [1.82, 2.24) is 10.2 Å². The number of aryl methyl sites for hydroxylation is 1. The monoisotopic (exact) mass is 414 g/mol. The number of methoxy groups -OCH3 is 2. The van der Waals surface area contributed by atoms with E-state index in [1.807, 2.05) is 38.1 Å². The number of rotatable bonds is 10. The van der Waals surface area contributed by atoms with Crippen molar-refractivity contribution in [1.29, 1.82) is 0 Å². The van der Waals surface area contributed by atoms with Crippen LogP contribution in [0.4, 0.5) is 0 Å². The Hall–Kier alpha value is -3.22. The number of carbonyl (C=O) groups is 2. The van der Waals surface area contributed by atoms with Gasteiger partial charge in [0.1, 0.15) is 23.3 Å². The zero-order chi connectivity index (χ0) is 22.1. The van der Waals surface area contributed by atoms with Crippen LogP contribution in [0, 0.1) is 6.92 Å². The van der Waals surface area contributed by atoms with E-state index in [0.717, 1.165) is 11.1 Å². The molecule has 0 aliphatic rings. The van der Waals surface area contributed by atoms with Crippen LogP contribution < -0.4 is 19.5 Å². The topological polar surface area (TPSA) is 77.1 Å². The molecule has 0 saturated carbocycles. The maximum Gasteiger partial charge on any atom is 0.261 e. The van der Waals surface area contributed by atoms with Crippen molar-refractivity contribution >= 4 is 11.8 Å². The molecular weight excluding hydrogens is 384 g/mol. The Bertz CT molecular complexity index is 829. The largest absolute Gasteiger partial charge is 0.496 e. The maximum atomic E-state index is 13.0. The summed E-state index contributed by atoms with van der Waals surface area (Å²) in [6.07, 6.45) is 0. The zero-order valence-electron chi connectivity index (χ0n) is 18.2. The number of hydrogen-bond donors (Lipinski definition) is 1. The van der Waals surface area contributed by atoms with E-state index in [4.69, 9.17) is 14.2 Å². The van der Waals surface area contributed by atoms with Gasteiger partial charge in [0.2, 0.25) is 5.91 Å². The lowest BCUT2D eigenvalue weighted by Gasteiger charge is -2.28. The Morgan fingerprint density at radius 2 is 1.57 bits per heavy atom. The predicted octanol–water partition coefficient (Wildman–Crippen LogP) is 2.94. The second-order valence-corrected chi connectivity index (χ2v) is 6.91. The lowest BCUT2D eigenvalue weighted by Crippen LogP contribution is -2.49. The Kier molecular flexibility index (Phi) is 8.53. The van der Waals surface area contributed by atoms with Crippen LogP contribution in [0.2, 0.25) is 0 Å². The summed E-state index contributed by atoms with van der Waals surface area (Å²) in [6, 6.07) is 12.3. The molecule has 0 aliphatic carbocycles. The number of nitrogens with zero attached hydrogens (tertiary/aromatic N) is 1. The number of benzene rings is 2. The van der Waals surface area contributed by atoms with Gasteiger partial charge in [-0.25, -0.2) is 0 Å². The molecule has 1 unspecified atom stereocenters. The van der Waals surface area contributed by atoms with Gasteiger partial charge < -0.3 is 24.4 Å². The summed E-state index contributed by atoms with van der Waals surface area (Å²) in [4.78, 5) is 26.9. The molecule has 0 fully saturated rings. The molecule has 0 aliphatic heterocycles. The number of carbonyl (C=O) groups excluding carboxylic acids is 2. The first kappa shape index (κ1) is 23.1. The van der Waals surface area contributed by atoms with Crippen LogP contribution >= 0.6 is 0 Å². The molecule has 1 atom stereocenters. The average Bonchev–Trinajstić information content (AvgIpc) is 2.76. The molecule has 0 saturated heterocycles. The maximum absolute atomic E-state index is 13.0. The first-order valence-corrected chi connectivity index (χ1v) is 9.86. The Labute approximate surface area is 177 Å². The molecule has 1 N–H and O–H groups in total. The quantitative estimate of drug-likeness (QED) is 0.647. The number of amides is 2. The molecule has 7 nitrogen and oxygen atoms in total. The van der Waals surface area contributed by atoms with E-state index < -0.39 is 6.04 Å². The van der Waals surface area contributed by atoms with Crippen LogP contribution in [0.25, 0.3) is 0 Å². The van der Waals surface area contributed by atoms with Crippen LogP contribution in [0.1, 0.15) is 25.0 Å². The summed E-state index contributed by atoms with van der Waals surface area (Å²) in [5.74, 6) is 1.06. The molecule has 0 spiro atoms. The van der Waals surface area contributed by atoms with Gasteiger partial charge in [-0.2, -0.15) is 0 Å². The minimum atomic E-state index is -0.637. The van der Waals surface area contributed by atoms with E-state index >= 15 is 0 Å². The SMILES string of the molecule is CCNC(=O)C(C)N(Cc1ccc(C)cc1)C(=O)COc1cc(OC)cc(OC)c1. The van der Waals surface area contributed by atoms with Crippen molar-refractivity contribution in [3.8, 4) is 17.2 Å². The first-order valence-electron chi connectivity index (χ1n) is 9.86. The van der Waals surface area contributed by atoms with Gasteiger partial charge in [-0.05, 0) is 26.3 Å². The number of likely N-dealkylation sites (N-methyl/N-ethyl adjacent to an activating group) is 1. The first-order chi connectivity index (χ1) is 14.4. The van der Waals surface area contributed by atoms with Crippen LogP contribution in [-0.2, 0) is 16.1 Å². The minimum Gasteiger partial charge on any atom is -0.496 e. The van der Waals surface area contributed by atoms with Gasteiger partial charge in [-0.1, -0.05) is 29.8 Å². The number of hydrogen-bond acceptors (Lipinski definition) is 5. The van der Waals surface area contributed by atoms with E-state index in [9.17, 15) is 9.59 Å². The Morgan fingerprint density at radius 1 is 1.00 bits per heavy atom. The summed E-state index contributed by atoms with van der Waals surface area (Å²) in [5, 5.41) is 2.77. The highest BCUT2D eigenvalue weighted by atomic mass is 16.5. The molecule has 7 heteroatoms. The van der Waals surface area contributed by atoms with Crippen LogP contribution in [-0.4, -0.2) is 50.1 Å². The summed E-state index contributed by atoms with van der Waals surface area (Å²) in [5.41, 5.74) is 2.07. The van der Waals surface area contributed by atoms with Crippen molar-refractivity contribution < 1.29 is 23.8 Å². The van der Waals surface area contributed by atoms with E-state index in [2.05, 4.69) is 5.32 Å². The molecule has 0 aromatic heterocycles. The van der Waals surface area contributed by atoms with E-state index in [0.29, 0.717) is 30.3 Å². The van der Waals surface area contributed by atoms with E-state index in [-0.39, 0.29) is 18.4 Å². The minimum absolute atomic E-state index is 0.207. The van der Waals surface area contributed by atoms with Gasteiger partial charge in [0.05, 0.1) is 14.2 Å². The highest BCUT2D eigenvalue weighted by Crippen LogP contribution is 2.27. The Morgan fingerprint density at radius 3 is 2.10 bits per heavy atom. The molecule has 2 rings (SSSR count). The third kappa shape index (κ3) is 6.40. The van der Waals surface area contributed by atoms with E-state index in [1.54, 1.807) is 39.3 Å². The third-order valence-corrected chi connectivity index (χ3v) is 4.68. The fourth-order valence-corrected chi connectivity index (χ4v) is 2.89. The normalized spacial score (nSPS) is 11.4. The second kappa shape index (κ2) is 11.1. The van der Waals surface area contributed by atoms with Crippen molar-refractivity contribution in [2.75, 3.05) is 27.4 Å². The van der Waals surface area contributed by atoms with Crippen LogP contribution in [0.3, 0.4) is 0 Å². The smallest absolute Gasteiger partial charge is 0.261 e. The molecule has 0 heterocycles. The number of nitrogens with one attached hydrogen (secondary N) is 1. The lowest BCUT2D eigenvalue weighted by atomic mass is 10.1. The van der Waals surface area contributed by atoms with Crippen molar-refractivity contribution in [3.05, 3.63) is 53.6 Å². The lowest BCUT2D eigenvalue weighted by molar-refractivity contribution is -0.142. The molecule has 162 valence electrons. The van der Waals surface area contributed by atoms with E-state index in [1.165, 1.54) is 4.90 Å². The second-order valence-electron chi connectivity index (χ2n) is 6.91. The van der Waals surface area contributed by atoms with Crippen molar-refractivity contribution in [2.45, 2.75) is 33.4 Å². The van der Waals surface area contributed by atoms with Gasteiger partial charge in [-0.3, -0.25) is 9.59 Å². The van der Waals surface area contributed by atoms with Crippen molar-refractivity contribution in [3.63, 3.8) is 0 Å². The van der Waals surface area contributed by atoms with Gasteiger partial charge in [0.15, 0.2) is 6.61 Å². The summed E-state index contributed by atoms with van der Waals surface area (Å²) in [6.45, 7) is 6.14. The summed E-state index contributed by atoms with van der Waals surface area (Å²) >= 11 is 0. The number of ether oxygens (including phenoxy) is 3. The molecule has 2 aromatic rings. The molecule has 0 bridgehead atoms. The predicted molar refractivity (Wildman–Crippen MR) is 115 cm³/mol. The fraction of sp³-hybridized carbons (Fsp3) is 0.391. The molecular formula is C23H30N2O5. The van der Waals surface area contributed by atoms with Gasteiger partial charge in [0, 0.05) is 31.3 Å². The third-order valence-electron chi connectivity index (χ3n) is 4.68. The molecule has 0 radical (unpaired) electrons. The fourth-order valence-electron chi connectivity index (χ4n) is 2.89. The van der Waals surface area contributed by atoms with Gasteiger partial charge in [-0.15, -0.1) is 0 Å². The molecule has 2 amide bonds. The van der Waals surface area contributed by atoms with Crippen LogP contribution in [0.15, 0.2) is 42.5 Å². The van der Waals surface area contributed by atoms with Gasteiger partial charge in [0.25, 0.3) is 5.91 Å². The standard InChI is InChI=1S/C23H30N2O5/c1-6-24-23(27)17(3)25(14-18-9-7-16(2)8-10-18)22(26)15-30-21-12-19(28-4)11-20(13-21)29-5/h7-13,17H,6,14-15H2,1-5H3,(H,24,27). The van der Waals surface area contributed by atoms with Gasteiger partial charge >= 0.3 is 0 Å². The highest BCUT2D eigenvalue weighted by Gasteiger charge is 2.26. The van der Waals surface area contributed by atoms with Crippen LogP contribution in [0.5, 0.6) is 17.2 Å². The molecule has 30 heavy (non-hydrogen) atoms. The summed E-state index contributed by atoms with van der Waals surface area (Å²) in [7, 11) is 3.09.